The fourth-order valence-electron chi connectivity index (χ4n) is 4.16. The van der Waals surface area contributed by atoms with Gasteiger partial charge in [-0.2, -0.15) is 0 Å². The van der Waals surface area contributed by atoms with E-state index < -0.39 is 32.9 Å². The Labute approximate surface area is 220 Å². The highest BCUT2D eigenvalue weighted by Crippen LogP contribution is 2.40. The first-order chi connectivity index (χ1) is 18.4. The summed E-state index contributed by atoms with van der Waals surface area (Å²) >= 11 is 0. The van der Waals surface area contributed by atoms with Gasteiger partial charge in [0, 0.05) is 11.8 Å². The molecule has 12 nitrogen and oxygen atoms in total. The van der Waals surface area contributed by atoms with Crippen LogP contribution in [0.4, 0.5) is 5.82 Å². The lowest BCUT2D eigenvalue weighted by Crippen LogP contribution is -2.29. The molecule has 0 amide bonds. The number of aliphatic hydroxyl groups excluding tert-OH is 1. The molecule has 0 saturated carbocycles. The number of aliphatic hydroxyl groups is 1. The molecular weight excluding hydrogens is 511 g/mol. The average Bonchev–Trinajstić information content (AvgIpc) is 3.49. The lowest BCUT2D eigenvalue weighted by atomic mass is 10.1. The Morgan fingerprint density at radius 3 is 2.89 bits per heavy atom. The van der Waals surface area contributed by atoms with Gasteiger partial charge in [-0.15, -0.1) is 0 Å². The largest absolute Gasteiger partial charge is 0.462 e. The van der Waals surface area contributed by atoms with E-state index in [-0.39, 0.29) is 25.1 Å². The fraction of sp³-hybridized carbons (Fsp3) is 0.360. The number of nitrogen functional groups attached to an aromatic ring is 1. The molecule has 1 fully saturated rings. The standard InChI is InChI=1S/C25H29N6O6P/c1-15(2)35-22(33)11-30-38(37-19-9-5-7-16-6-3-4-8-17(16)19)34-12-20-18(32)10-21(36-20)31-14-29-23-24(26)27-13-28-25(23)31/h3-9,13-15,18,20-21,30,32H,10-12H2,1-2H3,(H2,26,27,28). The van der Waals surface area contributed by atoms with Crippen molar-refractivity contribution < 1.29 is 28.4 Å². The van der Waals surface area contributed by atoms with Crippen LogP contribution in [0.1, 0.15) is 26.5 Å². The quantitative estimate of drug-likeness (QED) is 0.201. The van der Waals surface area contributed by atoms with Crippen molar-refractivity contribution >= 4 is 42.2 Å². The third-order valence-electron chi connectivity index (χ3n) is 5.91. The maximum Gasteiger partial charge on any atom is 0.320 e. The van der Waals surface area contributed by atoms with E-state index in [0.717, 1.165) is 10.8 Å². The Hall–Kier alpha value is -3.41. The van der Waals surface area contributed by atoms with Crippen molar-refractivity contribution in [3.8, 4) is 5.75 Å². The highest BCUT2D eigenvalue weighted by Gasteiger charge is 2.37. The number of esters is 1. The number of nitrogens with two attached hydrogens (primary N) is 1. The van der Waals surface area contributed by atoms with Gasteiger partial charge in [-0.05, 0) is 25.3 Å². The minimum absolute atomic E-state index is 0.0180. The molecule has 13 heteroatoms. The second-order valence-electron chi connectivity index (χ2n) is 9.01. The number of aromatic nitrogens is 4. The van der Waals surface area contributed by atoms with Crippen LogP contribution in [-0.2, 0) is 18.8 Å². The number of carbonyl (C=O) groups is 1. The first-order valence-electron chi connectivity index (χ1n) is 12.2. The molecule has 4 N–H and O–H groups in total. The summed E-state index contributed by atoms with van der Waals surface area (Å²) in [4.78, 5) is 24.6. The molecular formula is C25H29N6O6P. The van der Waals surface area contributed by atoms with Gasteiger partial charge < -0.3 is 29.4 Å². The summed E-state index contributed by atoms with van der Waals surface area (Å²) in [5.74, 6) is 0.445. The van der Waals surface area contributed by atoms with E-state index >= 15 is 0 Å². The molecule has 4 aromatic rings. The Morgan fingerprint density at radius 1 is 1.24 bits per heavy atom. The van der Waals surface area contributed by atoms with E-state index in [2.05, 4.69) is 20.0 Å². The van der Waals surface area contributed by atoms with E-state index in [1.54, 1.807) is 24.7 Å². The second kappa shape index (κ2) is 11.5. The van der Waals surface area contributed by atoms with Crippen molar-refractivity contribution in [2.45, 2.75) is 44.8 Å². The molecule has 0 radical (unpaired) electrons. The van der Waals surface area contributed by atoms with Gasteiger partial charge in [0.15, 0.2) is 11.5 Å². The smallest absolute Gasteiger partial charge is 0.320 e. The maximum atomic E-state index is 12.2. The molecule has 2 aromatic carbocycles. The van der Waals surface area contributed by atoms with Crippen LogP contribution in [0.2, 0.25) is 0 Å². The van der Waals surface area contributed by atoms with Crippen molar-refractivity contribution in [1.82, 2.24) is 24.6 Å². The van der Waals surface area contributed by atoms with Gasteiger partial charge in [-0.3, -0.25) is 9.36 Å². The normalized spacial score (nSPS) is 20.3. The molecule has 2 aromatic heterocycles. The zero-order valence-electron chi connectivity index (χ0n) is 20.9. The molecule has 38 heavy (non-hydrogen) atoms. The van der Waals surface area contributed by atoms with Gasteiger partial charge in [0.2, 0.25) is 0 Å². The van der Waals surface area contributed by atoms with Gasteiger partial charge in [0.1, 0.15) is 36.5 Å². The number of fused-ring (bicyclic) bond motifs is 2. The molecule has 1 aliphatic rings. The number of hydrogen-bond acceptors (Lipinski definition) is 11. The maximum absolute atomic E-state index is 12.2. The Balaban J connectivity index is 1.28. The van der Waals surface area contributed by atoms with E-state index in [1.165, 1.54) is 6.33 Å². The van der Waals surface area contributed by atoms with Crippen LogP contribution in [0.3, 0.4) is 0 Å². The lowest BCUT2D eigenvalue weighted by molar-refractivity contribution is -0.145. The second-order valence-corrected chi connectivity index (χ2v) is 10.3. The van der Waals surface area contributed by atoms with Crippen molar-refractivity contribution in [2.24, 2.45) is 0 Å². The molecule has 4 atom stereocenters. The van der Waals surface area contributed by atoms with Crippen LogP contribution < -0.4 is 15.3 Å². The van der Waals surface area contributed by atoms with Crippen molar-refractivity contribution in [1.29, 1.82) is 0 Å². The van der Waals surface area contributed by atoms with Crippen LogP contribution in [-0.4, -0.2) is 62.1 Å². The van der Waals surface area contributed by atoms with Crippen molar-refractivity contribution in [2.75, 3.05) is 18.9 Å². The topological polar surface area (TPSA) is 156 Å². The third kappa shape index (κ3) is 5.85. The first-order valence-corrected chi connectivity index (χ1v) is 13.3. The number of nitrogens with zero attached hydrogens (tertiary/aromatic N) is 4. The molecule has 1 saturated heterocycles. The fourth-order valence-corrected chi connectivity index (χ4v) is 5.25. The van der Waals surface area contributed by atoms with Crippen LogP contribution in [0.15, 0.2) is 55.1 Å². The minimum Gasteiger partial charge on any atom is -0.462 e. The molecule has 5 rings (SSSR count). The van der Waals surface area contributed by atoms with E-state index in [4.69, 9.17) is 24.3 Å². The van der Waals surface area contributed by atoms with Crippen LogP contribution in [0, 0.1) is 0 Å². The summed E-state index contributed by atoms with van der Waals surface area (Å²) in [6.07, 6.45) is 1.01. The molecule has 4 unspecified atom stereocenters. The Morgan fingerprint density at radius 2 is 2.05 bits per heavy atom. The first kappa shape index (κ1) is 26.2. The van der Waals surface area contributed by atoms with E-state index in [9.17, 15) is 9.90 Å². The number of nitrogens with one attached hydrogen (secondary N) is 1. The lowest BCUT2D eigenvalue weighted by Gasteiger charge is -2.22. The third-order valence-corrected chi connectivity index (χ3v) is 7.07. The Kier molecular flexibility index (Phi) is 7.96. The predicted octanol–water partition coefficient (Wildman–Crippen LogP) is 3.07. The highest BCUT2D eigenvalue weighted by molar-refractivity contribution is 7.45. The number of hydrogen-bond donors (Lipinski definition) is 3. The van der Waals surface area contributed by atoms with Gasteiger partial charge in [-0.25, -0.2) is 20.0 Å². The number of rotatable bonds is 10. The minimum atomic E-state index is -1.79. The van der Waals surface area contributed by atoms with Gasteiger partial charge in [-0.1, -0.05) is 36.4 Å². The molecule has 0 bridgehead atoms. The number of anilines is 1. The zero-order valence-corrected chi connectivity index (χ0v) is 21.8. The summed E-state index contributed by atoms with van der Waals surface area (Å²) in [6, 6.07) is 13.5. The van der Waals surface area contributed by atoms with Crippen LogP contribution in [0.5, 0.6) is 5.75 Å². The Bertz CT molecular complexity index is 1410. The van der Waals surface area contributed by atoms with E-state index in [0.29, 0.717) is 23.3 Å². The number of carbonyl (C=O) groups excluding carboxylic acids is 1. The molecule has 0 spiro atoms. The number of ether oxygens (including phenoxy) is 2. The summed E-state index contributed by atoms with van der Waals surface area (Å²) in [5.41, 5.74) is 6.87. The average molecular weight is 541 g/mol. The monoisotopic (exact) mass is 540 g/mol. The van der Waals surface area contributed by atoms with Crippen LogP contribution in [0.25, 0.3) is 21.9 Å². The zero-order chi connectivity index (χ0) is 26.6. The summed E-state index contributed by atoms with van der Waals surface area (Å²) in [6.45, 7) is 3.48. The predicted molar refractivity (Wildman–Crippen MR) is 141 cm³/mol. The highest BCUT2D eigenvalue weighted by atomic mass is 31.2. The van der Waals surface area contributed by atoms with Crippen molar-refractivity contribution in [3.05, 3.63) is 55.1 Å². The number of imidazole rings is 1. The number of benzene rings is 2. The van der Waals surface area contributed by atoms with E-state index in [1.807, 2.05) is 42.5 Å². The molecule has 1 aliphatic heterocycles. The van der Waals surface area contributed by atoms with Crippen LogP contribution >= 0.6 is 8.53 Å². The summed E-state index contributed by atoms with van der Waals surface area (Å²) in [5, 5.41) is 15.6. The molecule has 0 aliphatic carbocycles. The summed E-state index contributed by atoms with van der Waals surface area (Å²) < 4.78 is 25.3. The van der Waals surface area contributed by atoms with Crippen molar-refractivity contribution in [3.63, 3.8) is 0 Å². The van der Waals surface area contributed by atoms with Gasteiger partial charge >= 0.3 is 14.5 Å². The molecule has 200 valence electrons. The summed E-state index contributed by atoms with van der Waals surface area (Å²) in [7, 11) is -1.79. The van der Waals surface area contributed by atoms with Gasteiger partial charge in [0.25, 0.3) is 0 Å². The SMILES string of the molecule is CC(C)OC(=O)CNP(OCC1OC(n2cnc3c(N)ncnc32)CC1O)Oc1cccc2ccccc12. The molecule has 3 heterocycles. The van der Waals surface area contributed by atoms with Gasteiger partial charge in [0.05, 0.1) is 25.1 Å².